The van der Waals surface area contributed by atoms with E-state index in [1.807, 2.05) is 0 Å². The summed E-state index contributed by atoms with van der Waals surface area (Å²) in [7, 11) is 0. The molecule has 0 bridgehead atoms. The molecule has 0 fully saturated rings. The van der Waals surface area contributed by atoms with Gasteiger partial charge in [-0.1, -0.05) is 11.8 Å². The van der Waals surface area contributed by atoms with Crippen molar-refractivity contribution in [2.75, 3.05) is 6.26 Å². The highest BCUT2D eigenvalue weighted by molar-refractivity contribution is 9.10. The van der Waals surface area contributed by atoms with Crippen LogP contribution < -0.4 is 5.32 Å². The van der Waals surface area contributed by atoms with Crippen molar-refractivity contribution in [3.8, 4) is 6.19 Å². The fourth-order valence-electron chi connectivity index (χ4n) is 1.11. The van der Waals surface area contributed by atoms with Gasteiger partial charge >= 0.3 is 0 Å². The molecule has 0 saturated heterocycles. The first-order valence-corrected chi connectivity index (χ1v) is 6.33. The van der Waals surface area contributed by atoms with E-state index in [-0.39, 0.29) is 5.82 Å². The van der Waals surface area contributed by atoms with Crippen molar-refractivity contribution in [3.05, 3.63) is 28.0 Å². The highest BCUT2D eigenvalue weighted by Crippen LogP contribution is 2.30. The zero-order valence-electron chi connectivity index (χ0n) is 8.71. The van der Waals surface area contributed by atoms with Gasteiger partial charge in [0, 0.05) is 4.47 Å². The zero-order chi connectivity index (χ0) is 12.1. The van der Waals surface area contributed by atoms with Crippen LogP contribution in [0, 0.1) is 24.2 Å². The van der Waals surface area contributed by atoms with Gasteiger partial charge in [-0.15, -0.1) is 0 Å². The van der Waals surface area contributed by atoms with E-state index < -0.39 is 0 Å². The Labute approximate surface area is 106 Å². The third-order valence-corrected chi connectivity index (χ3v) is 2.97. The fourth-order valence-corrected chi connectivity index (χ4v) is 2.06. The van der Waals surface area contributed by atoms with Crippen LogP contribution >= 0.6 is 27.7 Å². The Balaban J connectivity index is 3.19. The maximum Gasteiger partial charge on any atom is 0.183 e. The predicted octanol–water partition coefficient (Wildman–Crippen LogP) is 3.32. The van der Waals surface area contributed by atoms with Crippen molar-refractivity contribution in [2.45, 2.75) is 6.92 Å². The number of hydrogen-bond acceptors (Lipinski definition) is 3. The number of hydrogen-bond donors (Lipinski definition) is 1. The average molecular weight is 302 g/mol. The van der Waals surface area contributed by atoms with Crippen LogP contribution in [0.2, 0.25) is 0 Å². The van der Waals surface area contributed by atoms with E-state index in [1.165, 1.54) is 23.9 Å². The van der Waals surface area contributed by atoms with E-state index in [0.29, 0.717) is 20.9 Å². The van der Waals surface area contributed by atoms with Crippen molar-refractivity contribution in [3.63, 3.8) is 0 Å². The first kappa shape index (κ1) is 13.0. The topological polar surface area (TPSA) is 48.2 Å². The highest BCUT2D eigenvalue weighted by atomic mass is 79.9. The summed E-state index contributed by atoms with van der Waals surface area (Å²) < 4.78 is 13.6. The van der Waals surface area contributed by atoms with E-state index in [9.17, 15) is 4.39 Å². The first-order chi connectivity index (χ1) is 7.58. The molecule has 1 aromatic rings. The van der Waals surface area contributed by atoms with Gasteiger partial charge in [-0.25, -0.2) is 9.38 Å². The van der Waals surface area contributed by atoms with E-state index >= 15 is 0 Å². The van der Waals surface area contributed by atoms with Gasteiger partial charge in [0.15, 0.2) is 11.4 Å². The molecule has 0 unspecified atom stereocenters. The summed E-state index contributed by atoms with van der Waals surface area (Å²) in [5, 5.41) is 11.4. The van der Waals surface area contributed by atoms with Crippen molar-refractivity contribution in [2.24, 2.45) is 4.99 Å². The minimum atomic E-state index is -0.317. The van der Waals surface area contributed by atoms with E-state index in [2.05, 4.69) is 26.2 Å². The Morgan fingerprint density at radius 3 is 2.81 bits per heavy atom. The molecule has 6 heteroatoms. The van der Waals surface area contributed by atoms with Gasteiger partial charge in [-0.3, -0.25) is 5.32 Å². The number of aliphatic imine (C=N–C) groups is 1. The van der Waals surface area contributed by atoms with Gasteiger partial charge in [0.05, 0.1) is 5.69 Å². The molecule has 1 rings (SSSR count). The molecule has 1 N–H and O–H groups in total. The average Bonchev–Trinajstić information content (AvgIpc) is 2.21. The molecule has 3 nitrogen and oxygen atoms in total. The number of amidine groups is 1. The van der Waals surface area contributed by atoms with Gasteiger partial charge in [-0.2, -0.15) is 5.26 Å². The molecule has 0 aliphatic heterocycles. The number of nitriles is 1. The third-order valence-electron chi connectivity index (χ3n) is 1.79. The van der Waals surface area contributed by atoms with Crippen molar-refractivity contribution in [1.29, 1.82) is 5.26 Å². The predicted molar refractivity (Wildman–Crippen MR) is 68.2 cm³/mol. The van der Waals surface area contributed by atoms with E-state index in [1.54, 1.807) is 19.4 Å². The molecule has 0 atom stereocenters. The number of aryl methyl sites for hydroxylation is 1. The van der Waals surface area contributed by atoms with Crippen LogP contribution in [-0.4, -0.2) is 11.4 Å². The summed E-state index contributed by atoms with van der Waals surface area (Å²) in [6.45, 7) is 1.76. The molecule has 0 amide bonds. The summed E-state index contributed by atoms with van der Waals surface area (Å²) in [5.74, 6) is -0.317. The molecule has 84 valence electrons. The number of benzene rings is 1. The van der Waals surface area contributed by atoms with Gasteiger partial charge in [0.25, 0.3) is 0 Å². The third kappa shape index (κ3) is 3.22. The molecule has 0 heterocycles. The number of thioether (sulfide) groups is 1. The lowest BCUT2D eigenvalue weighted by Crippen LogP contribution is -2.12. The fraction of sp³-hybridized carbons (Fsp3) is 0.200. The lowest BCUT2D eigenvalue weighted by atomic mass is 10.2. The molecule has 0 aliphatic carbocycles. The molecule has 0 spiro atoms. The maximum absolute atomic E-state index is 13.0. The monoisotopic (exact) mass is 301 g/mol. The van der Waals surface area contributed by atoms with Crippen LogP contribution in [0.3, 0.4) is 0 Å². The van der Waals surface area contributed by atoms with Crippen molar-refractivity contribution in [1.82, 2.24) is 5.32 Å². The van der Waals surface area contributed by atoms with Crippen molar-refractivity contribution >= 4 is 38.5 Å². The zero-order valence-corrected chi connectivity index (χ0v) is 11.1. The Morgan fingerprint density at radius 2 is 2.31 bits per heavy atom. The van der Waals surface area contributed by atoms with Crippen LogP contribution in [-0.2, 0) is 0 Å². The lowest BCUT2D eigenvalue weighted by Gasteiger charge is -2.05. The smallest absolute Gasteiger partial charge is 0.183 e. The summed E-state index contributed by atoms with van der Waals surface area (Å²) in [4.78, 5) is 4.24. The van der Waals surface area contributed by atoms with Crippen LogP contribution in [0.5, 0.6) is 0 Å². The second-order valence-electron chi connectivity index (χ2n) is 2.91. The van der Waals surface area contributed by atoms with Crippen molar-refractivity contribution < 1.29 is 4.39 Å². The molecule has 0 aromatic heterocycles. The molecule has 1 aromatic carbocycles. The summed E-state index contributed by atoms with van der Waals surface area (Å²) in [5.41, 5.74) is 1.33. The SMILES string of the molecule is CSC(=Nc1c(C)cc(F)cc1Br)NC#N. The summed E-state index contributed by atoms with van der Waals surface area (Å²) in [6.07, 6.45) is 3.60. The second-order valence-corrected chi connectivity index (χ2v) is 4.56. The van der Waals surface area contributed by atoms with Gasteiger partial charge in [0.1, 0.15) is 5.82 Å². The Morgan fingerprint density at radius 1 is 1.62 bits per heavy atom. The van der Waals surface area contributed by atoms with Gasteiger partial charge < -0.3 is 0 Å². The standard InChI is InChI=1S/C10H9BrFN3S/c1-6-3-7(12)4-8(11)9(6)15-10(16-2)14-5-13/h3-4H,1-2H3,(H,14,15). The molecule has 0 aliphatic rings. The van der Waals surface area contributed by atoms with Gasteiger partial charge in [-0.05, 0) is 46.8 Å². The molecular formula is C10H9BrFN3S. The quantitative estimate of drug-likeness (QED) is 0.375. The van der Waals surface area contributed by atoms with E-state index in [4.69, 9.17) is 5.26 Å². The number of halogens is 2. The Bertz CT molecular complexity index is 445. The van der Waals surface area contributed by atoms with Gasteiger partial charge in [0.2, 0.25) is 0 Å². The summed E-state index contributed by atoms with van der Waals surface area (Å²) in [6, 6.07) is 2.74. The lowest BCUT2D eigenvalue weighted by molar-refractivity contribution is 0.626. The van der Waals surface area contributed by atoms with Crippen LogP contribution in [0.15, 0.2) is 21.6 Å². The minimum Gasteiger partial charge on any atom is -0.271 e. The summed E-state index contributed by atoms with van der Waals surface area (Å²) >= 11 is 4.55. The molecule has 16 heavy (non-hydrogen) atoms. The normalized spacial score (nSPS) is 11.1. The maximum atomic E-state index is 13.0. The number of rotatable bonds is 1. The number of nitrogens with one attached hydrogen (secondary N) is 1. The highest BCUT2D eigenvalue weighted by Gasteiger charge is 2.06. The largest absolute Gasteiger partial charge is 0.271 e. The minimum absolute atomic E-state index is 0.317. The molecule has 0 saturated carbocycles. The Hall–Kier alpha value is -1.06. The van der Waals surface area contributed by atoms with Crippen LogP contribution in [0.25, 0.3) is 0 Å². The Kier molecular flexibility index (Phi) is 4.77. The number of nitrogens with zero attached hydrogens (tertiary/aromatic N) is 2. The van der Waals surface area contributed by atoms with E-state index in [0.717, 1.165) is 0 Å². The van der Waals surface area contributed by atoms with Crippen LogP contribution in [0.4, 0.5) is 10.1 Å². The first-order valence-electron chi connectivity index (χ1n) is 4.32. The molecule has 0 radical (unpaired) electrons. The molecular weight excluding hydrogens is 293 g/mol. The second kappa shape index (κ2) is 5.87. The van der Waals surface area contributed by atoms with Crippen LogP contribution in [0.1, 0.15) is 5.56 Å².